The maximum Gasteiger partial charge on any atom is 0.254 e. The molecule has 0 unspecified atom stereocenters. The Labute approximate surface area is 178 Å². The average molecular weight is 406 g/mol. The smallest absolute Gasteiger partial charge is 0.254 e. The summed E-state index contributed by atoms with van der Waals surface area (Å²) >= 11 is 0. The van der Waals surface area contributed by atoms with Gasteiger partial charge in [0, 0.05) is 30.5 Å². The number of rotatable bonds is 5. The van der Waals surface area contributed by atoms with Crippen LogP contribution in [0.3, 0.4) is 0 Å². The second kappa shape index (κ2) is 8.58. The number of carbonyl (C=O) groups is 2. The molecule has 5 heteroatoms. The van der Waals surface area contributed by atoms with Crippen LogP contribution in [0.1, 0.15) is 79.8 Å². The fourth-order valence-corrected chi connectivity index (χ4v) is 5.40. The SMILES string of the molecule is CC[C@H](C)N1C(=O)c2ccccc2[C@@H](C(=O)NCc2cccnc2)C12CCCCC2. The summed E-state index contributed by atoms with van der Waals surface area (Å²) in [5.74, 6) is -0.260. The van der Waals surface area contributed by atoms with Crippen LogP contribution in [0.2, 0.25) is 0 Å². The van der Waals surface area contributed by atoms with Crippen molar-refractivity contribution in [1.82, 2.24) is 15.2 Å². The van der Waals surface area contributed by atoms with Gasteiger partial charge in [-0.15, -0.1) is 0 Å². The lowest BCUT2D eigenvalue weighted by molar-refractivity contribution is -0.128. The number of hydrogen-bond donors (Lipinski definition) is 1. The first-order chi connectivity index (χ1) is 14.6. The molecular formula is C25H31N3O2. The molecule has 158 valence electrons. The average Bonchev–Trinajstić information content (AvgIpc) is 2.79. The van der Waals surface area contributed by atoms with Crippen molar-refractivity contribution in [2.24, 2.45) is 0 Å². The van der Waals surface area contributed by atoms with E-state index in [9.17, 15) is 9.59 Å². The van der Waals surface area contributed by atoms with Gasteiger partial charge in [-0.3, -0.25) is 14.6 Å². The number of pyridine rings is 1. The predicted octanol–water partition coefficient (Wildman–Crippen LogP) is 4.44. The zero-order valence-corrected chi connectivity index (χ0v) is 17.9. The van der Waals surface area contributed by atoms with Crippen LogP contribution in [0, 0.1) is 0 Å². The zero-order chi connectivity index (χ0) is 21.1. The number of fused-ring (bicyclic) bond motifs is 1. The van der Waals surface area contributed by atoms with Crippen LogP contribution in [0.15, 0.2) is 48.8 Å². The number of nitrogens with one attached hydrogen (secondary N) is 1. The summed E-state index contributed by atoms with van der Waals surface area (Å²) < 4.78 is 0. The lowest BCUT2D eigenvalue weighted by Gasteiger charge is -2.55. The highest BCUT2D eigenvalue weighted by Crippen LogP contribution is 2.50. The van der Waals surface area contributed by atoms with Gasteiger partial charge in [-0.1, -0.05) is 50.5 Å². The summed E-state index contributed by atoms with van der Waals surface area (Å²) in [5, 5.41) is 3.16. The highest BCUT2D eigenvalue weighted by Gasteiger charge is 2.55. The van der Waals surface area contributed by atoms with Gasteiger partial charge in [0.25, 0.3) is 5.91 Å². The molecule has 0 saturated heterocycles. The van der Waals surface area contributed by atoms with Crippen LogP contribution in [0.4, 0.5) is 0 Å². The third kappa shape index (κ3) is 3.51. The Hall–Kier alpha value is -2.69. The molecule has 1 saturated carbocycles. The van der Waals surface area contributed by atoms with Crippen molar-refractivity contribution in [3.63, 3.8) is 0 Å². The van der Waals surface area contributed by atoms with E-state index in [1.807, 2.05) is 36.4 Å². The maximum atomic E-state index is 13.7. The fraction of sp³-hybridized carbons (Fsp3) is 0.480. The van der Waals surface area contributed by atoms with Crippen LogP contribution < -0.4 is 5.32 Å². The monoisotopic (exact) mass is 405 g/mol. The highest BCUT2D eigenvalue weighted by molar-refractivity contribution is 6.02. The molecule has 1 fully saturated rings. The van der Waals surface area contributed by atoms with Crippen molar-refractivity contribution in [2.45, 2.75) is 76.4 Å². The third-order valence-electron chi connectivity index (χ3n) is 6.94. The fourth-order valence-electron chi connectivity index (χ4n) is 5.40. The first kappa shape index (κ1) is 20.6. The van der Waals surface area contributed by atoms with Crippen molar-refractivity contribution >= 4 is 11.8 Å². The lowest BCUT2D eigenvalue weighted by Crippen LogP contribution is -2.64. The largest absolute Gasteiger partial charge is 0.351 e. The summed E-state index contributed by atoms with van der Waals surface area (Å²) in [6.45, 7) is 4.68. The number of nitrogens with zero attached hydrogens (tertiary/aromatic N) is 2. The van der Waals surface area contributed by atoms with Gasteiger partial charge >= 0.3 is 0 Å². The number of hydrogen-bond acceptors (Lipinski definition) is 3. The topological polar surface area (TPSA) is 62.3 Å². The molecule has 5 nitrogen and oxygen atoms in total. The van der Waals surface area contributed by atoms with Gasteiger partial charge in [-0.25, -0.2) is 0 Å². The van der Waals surface area contributed by atoms with E-state index in [1.165, 1.54) is 0 Å². The van der Waals surface area contributed by atoms with E-state index in [4.69, 9.17) is 0 Å². The van der Waals surface area contributed by atoms with E-state index in [-0.39, 0.29) is 23.8 Å². The van der Waals surface area contributed by atoms with Crippen molar-refractivity contribution in [3.05, 3.63) is 65.5 Å². The Morgan fingerprint density at radius 2 is 1.97 bits per heavy atom. The van der Waals surface area contributed by atoms with E-state index >= 15 is 0 Å². The van der Waals surface area contributed by atoms with Gasteiger partial charge in [0.1, 0.15) is 0 Å². The molecule has 2 atom stereocenters. The molecule has 2 amide bonds. The molecule has 4 rings (SSSR count). The molecular weight excluding hydrogens is 374 g/mol. The van der Waals surface area contributed by atoms with Gasteiger partial charge in [0.05, 0.1) is 11.5 Å². The highest BCUT2D eigenvalue weighted by atomic mass is 16.2. The Kier molecular flexibility index (Phi) is 5.89. The first-order valence-corrected chi connectivity index (χ1v) is 11.2. The maximum absolute atomic E-state index is 13.7. The van der Waals surface area contributed by atoms with Crippen molar-refractivity contribution in [1.29, 1.82) is 0 Å². The predicted molar refractivity (Wildman–Crippen MR) is 117 cm³/mol. The summed E-state index contributed by atoms with van der Waals surface area (Å²) in [6, 6.07) is 11.6. The number of aromatic nitrogens is 1. The lowest BCUT2D eigenvalue weighted by atomic mass is 9.64. The van der Waals surface area contributed by atoms with Crippen LogP contribution in [0.5, 0.6) is 0 Å². The van der Waals surface area contributed by atoms with E-state index in [1.54, 1.807) is 12.4 Å². The van der Waals surface area contributed by atoms with Crippen molar-refractivity contribution in [2.75, 3.05) is 0 Å². The quantitative estimate of drug-likeness (QED) is 0.800. The van der Waals surface area contributed by atoms with Crippen LogP contribution in [0.25, 0.3) is 0 Å². The molecule has 1 aliphatic carbocycles. The molecule has 30 heavy (non-hydrogen) atoms. The van der Waals surface area contributed by atoms with Crippen LogP contribution >= 0.6 is 0 Å². The van der Waals surface area contributed by atoms with Crippen LogP contribution in [-0.4, -0.2) is 33.3 Å². The molecule has 1 aromatic heterocycles. The van der Waals surface area contributed by atoms with E-state index in [0.717, 1.165) is 49.7 Å². The zero-order valence-electron chi connectivity index (χ0n) is 17.9. The number of benzene rings is 1. The molecule has 1 spiro atoms. The third-order valence-corrected chi connectivity index (χ3v) is 6.94. The molecule has 1 N–H and O–H groups in total. The van der Waals surface area contributed by atoms with Crippen molar-refractivity contribution in [3.8, 4) is 0 Å². The summed E-state index contributed by atoms with van der Waals surface area (Å²) in [7, 11) is 0. The van der Waals surface area contributed by atoms with Crippen molar-refractivity contribution < 1.29 is 9.59 Å². The summed E-state index contributed by atoms with van der Waals surface area (Å²) in [6.07, 6.45) is 9.40. The van der Waals surface area contributed by atoms with Crippen LogP contribution in [-0.2, 0) is 11.3 Å². The van der Waals surface area contributed by atoms with Gasteiger partial charge in [0.15, 0.2) is 0 Å². The first-order valence-electron chi connectivity index (χ1n) is 11.2. The molecule has 0 radical (unpaired) electrons. The Morgan fingerprint density at radius 1 is 1.20 bits per heavy atom. The Bertz CT molecular complexity index is 906. The minimum atomic E-state index is -0.446. The molecule has 1 aliphatic heterocycles. The molecule has 1 aromatic carbocycles. The van der Waals surface area contributed by atoms with E-state index < -0.39 is 5.54 Å². The number of carbonyl (C=O) groups excluding carboxylic acids is 2. The molecule has 2 heterocycles. The second-order valence-electron chi connectivity index (χ2n) is 8.70. The van der Waals surface area contributed by atoms with Gasteiger partial charge in [-0.05, 0) is 49.4 Å². The standard InChI is InChI=1S/C25H31N3O2/c1-3-18(2)28-24(30)21-12-6-5-11-20(21)22(25(28)13-7-4-8-14-25)23(29)27-17-19-10-9-15-26-16-19/h5-6,9-12,15-16,18,22H,3-4,7-8,13-14,17H2,1-2H3,(H,27,29)/t18-,22-/m0/s1. The Balaban J connectivity index is 1.76. The van der Waals surface area contributed by atoms with Gasteiger partial charge in [-0.2, -0.15) is 0 Å². The normalized spacial score (nSPS) is 21.2. The molecule has 0 bridgehead atoms. The van der Waals surface area contributed by atoms with Gasteiger partial charge in [0.2, 0.25) is 5.91 Å². The Morgan fingerprint density at radius 3 is 2.67 bits per heavy atom. The summed E-state index contributed by atoms with van der Waals surface area (Å²) in [5.41, 5.74) is 2.09. The second-order valence-corrected chi connectivity index (χ2v) is 8.70. The minimum absolute atomic E-state index is 0.00834. The number of amides is 2. The van der Waals surface area contributed by atoms with E-state index in [0.29, 0.717) is 12.1 Å². The molecule has 2 aromatic rings. The van der Waals surface area contributed by atoms with E-state index in [2.05, 4.69) is 29.0 Å². The molecule has 2 aliphatic rings. The minimum Gasteiger partial charge on any atom is -0.351 e. The summed E-state index contributed by atoms with van der Waals surface area (Å²) in [4.78, 5) is 33.5. The van der Waals surface area contributed by atoms with Gasteiger partial charge < -0.3 is 10.2 Å².